The van der Waals surface area contributed by atoms with Crippen LogP contribution in [-0.2, 0) is 6.54 Å². The van der Waals surface area contributed by atoms with E-state index in [-0.39, 0.29) is 5.91 Å². The molecule has 0 aliphatic carbocycles. The normalized spacial score (nSPS) is 9.83. The Kier molecular flexibility index (Phi) is 3.88. The monoisotopic (exact) mass is 242 g/mol. The third-order valence-electron chi connectivity index (χ3n) is 2.49. The maximum atomic E-state index is 11.8. The Hall–Kier alpha value is -2.40. The van der Waals surface area contributed by atoms with Gasteiger partial charge in [-0.25, -0.2) is 0 Å². The Morgan fingerprint density at radius 2 is 2.00 bits per heavy atom. The van der Waals surface area contributed by atoms with Crippen molar-refractivity contribution in [1.82, 2.24) is 10.3 Å². The molecule has 5 heteroatoms. The summed E-state index contributed by atoms with van der Waals surface area (Å²) < 4.78 is 0. The lowest BCUT2D eigenvalue weighted by Gasteiger charge is -2.06. The molecule has 1 amide bonds. The lowest BCUT2D eigenvalue weighted by atomic mass is 10.2. The zero-order valence-electron chi connectivity index (χ0n) is 9.76. The van der Waals surface area contributed by atoms with Crippen molar-refractivity contribution in [3.8, 4) is 0 Å². The summed E-state index contributed by atoms with van der Waals surface area (Å²) in [5.41, 5.74) is 4.83. The molecule has 2 rings (SSSR count). The van der Waals surface area contributed by atoms with Gasteiger partial charge < -0.3 is 10.7 Å². The molecule has 0 spiro atoms. The summed E-state index contributed by atoms with van der Waals surface area (Å²) in [4.78, 5) is 15.8. The molecule has 0 unspecified atom stereocenters. The van der Waals surface area contributed by atoms with Crippen molar-refractivity contribution < 1.29 is 4.79 Å². The van der Waals surface area contributed by atoms with E-state index in [2.05, 4.69) is 15.7 Å². The second-order valence-corrected chi connectivity index (χ2v) is 3.77. The molecule has 92 valence electrons. The molecule has 0 radical (unpaired) electrons. The summed E-state index contributed by atoms with van der Waals surface area (Å²) in [6, 6.07) is 10.7. The molecule has 0 aliphatic heterocycles. The van der Waals surface area contributed by atoms with E-state index >= 15 is 0 Å². The molecule has 18 heavy (non-hydrogen) atoms. The zero-order chi connectivity index (χ0) is 12.8. The van der Waals surface area contributed by atoms with Gasteiger partial charge in [0.15, 0.2) is 0 Å². The number of aromatic nitrogens is 1. The lowest BCUT2D eigenvalue weighted by molar-refractivity contribution is 0.0951. The number of carbonyl (C=O) groups is 1. The molecule has 1 aromatic heterocycles. The van der Waals surface area contributed by atoms with Crippen LogP contribution in [0.2, 0.25) is 0 Å². The number of nitrogens with two attached hydrogens (primary N) is 1. The second-order valence-electron chi connectivity index (χ2n) is 3.77. The number of hydrogen-bond acceptors (Lipinski definition) is 4. The number of carbonyl (C=O) groups excluding carboxylic acids is 1. The van der Waals surface area contributed by atoms with Crippen molar-refractivity contribution in [1.29, 1.82) is 0 Å². The van der Waals surface area contributed by atoms with Gasteiger partial charge in [0.05, 0.1) is 0 Å². The van der Waals surface area contributed by atoms with Gasteiger partial charge in [0, 0.05) is 30.2 Å². The number of nitrogens with zero attached hydrogens (tertiary/aromatic N) is 1. The highest BCUT2D eigenvalue weighted by atomic mass is 16.1. The number of nitrogens with one attached hydrogen (secondary N) is 2. The van der Waals surface area contributed by atoms with Gasteiger partial charge in [-0.05, 0) is 35.9 Å². The highest BCUT2D eigenvalue weighted by Crippen LogP contribution is 2.08. The van der Waals surface area contributed by atoms with Gasteiger partial charge in [0.2, 0.25) is 0 Å². The predicted octanol–water partition coefficient (Wildman–Crippen LogP) is 1.30. The number of anilines is 1. The molecule has 4 N–H and O–H groups in total. The fourth-order valence-corrected chi connectivity index (χ4v) is 1.50. The quantitative estimate of drug-likeness (QED) is 0.557. The first-order valence-electron chi connectivity index (χ1n) is 5.53. The Balaban J connectivity index is 1.95. The molecule has 1 heterocycles. The summed E-state index contributed by atoms with van der Waals surface area (Å²) in [6.07, 6.45) is 3.42. The van der Waals surface area contributed by atoms with Crippen molar-refractivity contribution in [3.05, 3.63) is 59.9 Å². The van der Waals surface area contributed by atoms with Crippen LogP contribution >= 0.6 is 0 Å². The minimum Gasteiger partial charge on any atom is -0.348 e. The first-order valence-corrected chi connectivity index (χ1v) is 5.53. The second kappa shape index (κ2) is 5.79. The molecule has 5 nitrogen and oxygen atoms in total. The summed E-state index contributed by atoms with van der Waals surface area (Å²) >= 11 is 0. The van der Waals surface area contributed by atoms with E-state index in [0.29, 0.717) is 12.1 Å². The van der Waals surface area contributed by atoms with Crippen molar-refractivity contribution >= 4 is 11.6 Å². The minimum atomic E-state index is -0.123. The van der Waals surface area contributed by atoms with Crippen molar-refractivity contribution in [2.24, 2.45) is 5.84 Å². The van der Waals surface area contributed by atoms with Gasteiger partial charge in [-0.3, -0.25) is 15.6 Å². The van der Waals surface area contributed by atoms with Gasteiger partial charge in [-0.2, -0.15) is 0 Å². The fourth-order valence-electron chi connectivity index (χ4n) is 1.50. The van der Waals surface area contributed by atoms with Crippen LogP contribution in [0.4, 0.5) is 5.69 Å². The van der Waals surface area contributed by atoms with Crippen LogP contribution in [0.5, 0.6) is 0 Å². The Morgan fingerprint density at radius 1 is 1.22 bits per heavy atom. The third kappa shape index (κ3) is 3.05. The molecule has 0 saturated heterocycles. The van der Waals surface area contributed by atoms with Crippen LogP contribution in [0.3, 0.4) is 0 Å². The highest BCUT2D eigenvalue weighted by molar-refractivity contribution is 5.94. The smallest absolute Gasteiger partial charge is 0.251 e. The first kappa shape index (κ1) is 12.1. The summed E-state index contributed by atoms with van der Waals surface area (Å²) in [5, 5.41) is 2.82. The minimum absolute atomic E-state index is 0.123. The van der Waals surface area contributed by atoms with E-state index in [0.717, 1.165) is 11.3 Å². The van der Waals surface area contributed by atoms with Crippen LogP contribution in [0.1, 0.15) is 15.9 Å². The van der Waals surface area contributed by atoms with E-state index in [4.69, 9.17) is 5.84 Å². The van der Waals surface area contributed by atoms with Crippen LogP contribution < -0.4 is 16.6 Å². The van der Waals surface area contributed by atoms with E-state index in [1.54, 1.807) is 36.7 Å². The van der Waals surface area contributed by atoms with Crippen molar-refractivity contribution in [2.75, 3.05) is 5.43 Å². The highest BCUT2D eigenvalue weighted by Gasteiger charge is 2.04. The standard InChI is InChI=1S/C13H14N4O/c14-17-12-5-3-11(4-6-12)13(18)16-9-10-2-1-7-15-8-10/h1-8,17H,9,14H2,(H,16,18). The molecule has 0 bridgehead atoms. The largest absolute Gasteiger partial charge is 0.348 e. The van der Waals surface area contributed by atoms with Crippen molar-refractivity contribution in [3.63, 3.8) is 0 Å². The maximum absolute atomic E-state index is 11.8. The SMILES string of the molecule is NNc1ccc(C(=O)NCc2cccnc2)cc1. The lowest BCUT2D eigenvalue weighted by Crippen LogP contribution is -2.22. The average molecular weight is 242 g/mol. The van der Waals surface area contributed by atoms with E-state index in [1.807, 2.05) is 12.1 Å². The predicted molar refractivity (Wildman–Crippen MR) is 69.7 cm³/mol. The topological polar surface area (TPSA) is 80.0 Å². The van der Waals surface area contributed by atoms with Crippen LogP contribution in [0.15, 0.2) is 48.8 Å². The number of amides is 1. The molecule has 2 aromatic rings. The number of nitrogen functional groups attached to an aromatic ring is 1. The van der Waals surface area contributed by atoms with E-state index in [1.165, 1.54) is 0 Å². The molecule has 0 saturated carbocycles. The van der Waals surface area contributed by atoms with Crippen molar-refractivity contribution in [2.45, 2.75) is 6.54 Å². The molecule has 0 atom stereocenters. The van der Waals surface area contributed by atoms with Gasteiger partial charge >= 0.3 is 0 Å². The summed E-state index contributed by atoms with van der Waals surface area (Å²) in [5.74, 6) is 5.13. The van der Waals surface area contributed by atoms with Gasteiger partial charge in [0.25, 0.3) is 5.91 Å². The van der Waals surface area contributed by atoms with E-state index < -0.39 is 0 Å². The van der Waals surface area contributed by atoms with Crippen LogP contribution in [0.25, 0.3) is 0 Å². The number of hydrazine groups is 1. The molecule has 1 aromatic carbocycles. The Labute approximate surface area is 105 Å². The maximum Gasteiger partial charge on any atom is 0.251 e. The van der Waals surface area contributed by atoms with Crippen LogP contribution in [0, 0.1) is 0 Å². The number of rotatable bonds is 4. The molecular weight excluding hydrogens is 228 g/mol. The van der Waals surface area contributed by atoms with E-state index in [9.17, 15) is 4.79 Å². The molecular formula is C13H14N4O. The Bertz CT molecular complexity index is 510. The molecule has 0 fully saturated rings. The number of benzene rings is 1. The Morgan fingerprint density at radius 3 is 2.61 bits per heavy atom. The zero-order valence-corrected chi connectivity index (χ0v) is 9.76. The van der Waals surface area contributed by atoms with Gasteiger partial charge in [-0.1, -0.05) is 6.07 Å². The fraction of sp³-hybridized carbons (Fsp3) is 0.0769. The first-order chi connectivity index (χ1) is 8.79. The van der Waals surface area contributed by atoms with Crippen LogP contribution in [-0.4, -0.2) is 10.9 Å². The number of hydrogen-bond donors (Lipinski definition) is 3. The summed E-state index contributed by atoms with van der Waals surface area (Å²) in [6.45, 7) is 0.462. The van der Waals surface area contributed by atoms with Gasteiger partial charge in [0.1, 0.15) is 0 Å². The third-order valence-corrected chi connectivity index (χ3v) is 2.49. The molecule has 0 aliphatic rings. The summed E-state index contributed by atoms with van der Waals surface area (Å²) in [7, 11) is 0. The average Bonchev–Trinajstić information content (AvgIpc) is 2.46. The van der Waals surface area contributed by atoms with Gasteiger partial charge in [-0.15, -0.1) is 0 Å². The number of pyridine rings is 1.